The van der Waals surface area contributed by atoms with E-state index in [-0.39, 0.29) is 30.3 Å². The highest BCUT2D eigenvalue weighted by Crippen LogP contribution is 2.60. The summed E-state index contributed by atoms with van der Waals surface area (Å²) in [4.78, 5) is 11.8. The third-order valence-electron chi connectivity index (χ3n) is 4.53. The molecule has 2 bridgehead atoms. The zero-order valence-corrected chi connectivity index (χ0v) is 12.2. The highest BCUT2D eigenvalue weighted by Gasteiger charge is 2.65. The van der Waals surface area contributed by atoms with Crippen molar-refractivity contribution in [3.05, 3.63) is 35.9 Å². The Bertz CT molecular complexity index is 510. The van der Waals surface area contributed by atoms with Crippen molar-refractivity contribution in [2.24, 2.45) is 5.41 Å². The maximum atomic E-state index is 11.8. The first kappa shape index (κ1) is 14.4. The monoisotopic (exact) mass is 291 g/mol. The summed E-state index contributed by atoms with van der Waals surface area (Å²) in [7, 11) is 0. The molecule has 0 aromatic heterocycles. The van der Waals surface area contributed by atoms with Crippen LogP contribution in [-0.2, 0) is 16.1 Å². The lowest BCUT2D eigenvalue weighted by molar-refractivity contribution is -0.0240. The molecular weight excluding hydrogens is 270 g/mol. The van der Waals surface area contributed by atoms with Crippen LogP contribution in [0.4, 0.5) is 4.79 Å². The van der Waals surface area contributed by atoms with Crippen LogP contribution in [0.5, 0.6) is 0 Å². The van der Waals surface area contributed by atoms with Gasteiger partial charge in [-0.3, -0.25) is 0 Å². The zero-order valence-electron chi connectivity index (χ0n) is 12.2. The molecule has 1 saturated carbocycles. The normalized spacial score (nSPS) is 33.3. The van der Waals surface area contributed by atoms with E-state index in [1.165, 1.54) is 0 Å². The smallest absolute Gasteiger partial charge is 0.407 e. The Labute approximate surface area is 124 Å². The van der Waals surface area contributed by atoms with Crippen LogP contribution in [0.3, 0.4) is 0 Å². The highest BCUT2D eigenvalue weighted by atomic mass is 16.5. The molecule has 4 rings (SSSR count). The van der Waals surface area contributed by atoms with Crippen LogP contribution in [0.2, 0.25) is 0 Å². The zero-order chi connectivity index (χ0) is 14.9. The van der Waals surface area contributed by atoms with Crippen molar-refractivity contribution in [3.8, 4) is 0 Å². The fourth-order valence-electron chi connectivity index (χ4n) is 3.71. The lowest BCUT2D eigenvalue weighted by Gasteiger charge is -2.43. The predicted molar refractivity (Wildman–Crippen MR) is 76.7 cm³/mol. The number of rotatable bonds is 5. The Balaban J connectivity index is 1.46. The van der Waals surface area contributed by atoms with Gasteiger partial charge in [-0.05, 0) is 25.3 Å². The number of alkyl carbamates (subject to hydrolysis) is 1. The molecule has 2 saturated heterocycles. The minimum Gasteiger partial charge on any atom is -0.445 e. The van der Waals surface area contributed by atoms with Crippen LogP contribution < -0.4 is 5.32 Å². The summed E-state index contributed by atoms with van der Waals surface area (Å²) < 4.78 is 11.0. The minimum atomic E-state index is -0.426. The van der Waals surface area contributed by atoms with E-state index in [0.717, 1.165) is 18.4 Å². The lowest BCUT2D eigenvalue weighted by atomic mass is 9.61. The third-order valence-corrected chi connectivity index (χ3v) is 4.53. The summed E-state index contributed by atoms with van der Waals surface area (Å²) in [6.07, 6.45) is 1.15. The average molecular weight is 291 g/mol. The summed E-state index contributed by atoms with van der Waals surface area (Å²) in [5, 5.41) is 12.2. The molecule has 1 aromatic rings. The molecule has 5 nitrogen and oxygen atoms in total. The number of carbonyl (C=O) groups excluding carboxylic acids is 1. The Hall–Kier alpha value is -1.59. The van der Waals surface area contributed by atoms with Gasteiger partial charge in [-0.1, -0.05) is 30.3 Å². The van der Waals surface area contributed by atoms with Crippen LogP contribution in [0.15, 0.2) is 30.3 Å². The first-order valence-corrected chi connectivity index (χ1v) is 7.29. The number of aliphatic hydroxyl groups excluding tert-OH is 1. The summed E-state index contributed by atoms with van der Waals surface area (Å²) in [6, 6.07) is 9.57. The Morgan fingerprint density at radius 3 is 2.81 bits per heavy atom. The minimum absolute atomic E-state index is 0.00364. The number of ether oxygens (including phenoxy) is 2. The van der Waals surface area contributed by atoms with Crippen molar-refractivity contribution in [1.29, 1.82) is 0 Å². The van der Waals surface area contributed by atoms with Gasteiger partial charge in [-0.2, -0.15) is 0 Å². The molecule has 21 heavy (non-hydrogen) atoms. The van der Waals surface area contributed by atoms with Crippen molar-refractivity contribution in [1.82, 2.24) is 5.32 Å². The van der Waals surface area contributed by atoms with Gasteiger partial charge in [0, 0.05) is 12.0 Å². The van der Waals surface area contributed by atoms with E-state index in [4.69, 9.17) is 9.47 Å². The molecule has 1 unspecified atom stereocenters. The van der Waals surface area contributed by atoms with Gasteiger partial charge in [0.1, 0.15) is 6.61 Å². The Morgan fingerprint density at radius 1 is 1.43 bits per heavy atom. The second-order valence-corrected chi connectivity index (χ2v) is 6.37. The quantitative estimate of drug-likeness (QED) is 0.868. The van der Waals surface area contributed by atoms with Crippen LogP contribution in [-0.4, -0.2) is 36.1 Å². The van der Waals surface area contributed by atoms with E-state index >= 15 is 0 Å². The van der Waals surface area contributed by atoms with E-state index < -0.39 is 6.09 Å². The van der Waals surface area contributed by atoms with E-state index in [0.29, 0.717) is 6.54 Å². The first-order chi connectivity index (χ1) is 10.1. The molecule has 0 spiro atoms. The van der Waals surface area contributed by atoms with E-state index in [2.05, 4.69) is 12.2 Å². The van der Waals surface area contributed by atoms with Crippen molar-refractivity contribution >= 4 is 6.09 Å². The number of nitrogens with one attached hydrogen (secondary N) is 1. The fraction of sp³-hybridized carbons (Fsp3) is 0.562. The molecule has 5 heteroatoms. The summed E-state index contributed by atoms with van der Waals surface area (Å²) >= 11 is 0. The number of hydrogen-bond acceptors (Lipinski definition) is 4. The lowest BCUT2D eigenvalue weighted by Crippen LogP contribution is -2.51. The van der Waals surface area contributed by atoms with E-state index in [9.17, 15) is 9.90 Å². The molecule has 0 radical (unpaired) electrons. The molecule has 3 fully saturated rings. The molecular formula is C16H21NO4. The van der Waals surface area contributed by atoms with Gasteiger partial charge in [-0.25, -0.2) is 4.79 Å². The maximum absolute atomic E-state index is 11.8. The van der Waals surface area contributed by atoms with E-state index in [1.54, 1.807) is 0 Å². The predicted octanol–water partition coefficient (Wildman–Crippen LogP) is 1.84. The fourth-order valence-corrected chi connectivity index (χ4v) is 3.71. The molecule has 3 aliphatic rings. The third kappa shape index (κ3) is 2.76. The van der Waals surface area contributed by atoms with Crippen LogP contribution in [0.1, 0.15) is 25.3 Å². The molecule has 1 atom stereocenters. The van der Waals surface area contributed by atoms with Gasteiger partial charge in [-0.15, -0.1) is 0 Å². The molecule has 2 aliphatic heterocycles. The van der Waals surface area contributed by atoms with E-state index in [1.807, 2.05) is 30.3 Å². The van der Waals surface area contributed by atoms with Crippen molar-refractivity contribution < 1.29 is 19.4 Å². The molecule has 1 amide bonds. The van der Waals surface area contributed by atoms with Crippen molar-refractivity contribution in [2.75, 3.05) is 13.2 Å². The Kier molecular flexibility index (Phi) is 3.63. The number of benzene rings is 1. The molecule has 1 aromatic carbocycles. The number of aliphatic hydroxyl groups is 1. The van der Waals surface area contributed by atoms with Gasteiger partial charge in [0.25, 0.3) is 0 Å². The molecule has 1 aliphatic carbocycles. The number of fused-ring (bicyclic) bond motifs is 1. The number of hydrogen-bond donors (Lipinski definition) is 2. The van der Waals surface area contributed by atoms with Gasteiger partial charge < -0.3 is 19.9 Å². The second kappa shape index (κ2) is 5.31. The SMILES string of the molecule is CC12CC(CNC(=O)OCc3ccccc3)(C1)C(CO)O2. The topological polar surface area (TPSA) is 67.8 Å². The Morgan fingerprint density at radius 2 is 2.14 bits per heavy atom. The van der Waals surface area contributed by atoms with Gasteiger partial charge >= 0.3 is 6.09 Å². The van der Waals surface area contributed by atoms with Gasteiger partial charge in [0.2, 0.25) is 0 Å². The largest absolute Gasteiger partial charge is 0.445 e. The second-order valence-electron chi connectivity index (χ2n) is 6.37. The molecule has 114 valence electrons. The van der Waals surface area contributed by atoms with Crippen LogP contribution in [0.25, 0.3) is 0 Å². The molecule has 2 heterocycles. The highest BCUT2D eigenvalue weighted by molar-refractivity contribution is 5.67. The first-order valence-electron chi connectivity index (χ1n) is 7.29. The average Bonchev–Trinajstić information content (AvgIpc) is 2.91. The standard InChI is InChI=1S/C16H21NO4/c1-15-9-16(10-15,13(7-18)21-15)11-17-14(19)20-8-12-5-3-2-4-6-12/h2-6,13,18H,7-11H2,1H3,(H,17,19). The van der Waals surface area contributed by atoms with Crippen molar-refractivity contribution in [3.63, 3.8) is 0 Å². The van der Waals surface area contributed by atoms with Gasteiger partial charge in [0.05, 0.1) is 18.3 Å². The number of carbonyl (C=O) groups is 1. The van der Waals surface area contributed by atoms with Crippen LogP contribution >= 0.6 is 0 Å². The maximum Gasteiger partial charge on any atom is 0.407 e. The summed E-state index contributed by atoms with van der Waals surface area (Å²) in [5.41, 5.74) is 0.706. The van der Waals surface area contributed by atoms with Gasteiger partial charge in [0.15, 0.2) is 0 Å². The number of amides is 1. The molecule has 2 N–H and O–H groups in total. The van der Waals surface area contributed by atoms with Crippen molar-refractivity contribution in [2.45, 2.75) is 38.1 Å². The summed E-state index contributed by atoms with van der Waals surface area (Å²) in [5.74, 6) is 0. The van der Waals surface area contributed by atoms with Crippen LogP contribution in [0, 0.1) is 5.41 Å². The summed E-state index contributed by atoms with van der Waals surface area (Å²) in [6.45, 7) is 2.80.